The van der Waals surface area contributed by atoms with Crippen LogP contribution in [0, 0.1) is 0 Å². The minimum Gasteiger partial charge on any atom is -0.381 e. The topological polar surface area (TPSA) is 60.7 Å². The van der Waals surface area contributed by atoms with Crippen LogP contribution in [0.1, 0.15) is 5.56 Å². The van der Waals surface area contributed by atoms with Crippen molar-refractivity contribution in [1.29, 1.82) is 0 Å². The number of rotatable bonds is 4. The number of anilines is 1. The van der Waals surface area contributed by atoms with E-state index in [1.165, 1.54) is 5.56 Å². The second-order valence-corrected chi connectivity index (χ2v) is 6.65. The van der Waals surface area contributed by atoms with E-state index in [9.17, 15) is 4.79 Å². The number of H-pyrrole nitrogens is 2. The predicted molar refractivity (Wildman–Crippen MR) is 86.2 cm³/mol. The first-order chi connectivity index (χ1) is 9.70. The van der Waals surface area contributed by atoms with Gasteiger partial charge in [-0.25, -0.2) is 0 Å². The molecular formula is C14H12BrN3OS. The number of halogens is 1. The largest absolute Gasteiger partial charge is 0.381 e. The molecule has 0 aliphatic rings. The van der Waals surface area contributed by atoms with Crippen molar-refractivity contribution in [2.24, 2.45) is 0 Å². The van der Waals surface area contributed by atoms with Crippen molar-refractivity contribution in [1.82, 2.24) is 10.2 Å². The summed E-state index contributed by atoms with van der Waals surface area (Å²) in [6, 6.07) is 11.6. The standard InChI is InChI=1S/C14H12BrN3OS/c15-13-5-9(8-20-13)7-16-11-3-1-10(2-4-11)12-6-14(19)18-17-12/h1-6,8,16H,7H2,(H2,17,18,19). The third-order valence-corrected chi connectivity index (χ3v) is 4.46. The number of thiophene rings is 1. The van der Waals surface area contributed by atoms with E-state index in [2.05, 4.69) is 42.9 Å². The summed E-state index contributed by atoms with van der Waals surface area (Å²) < 4.78 is 1.14. The van der Waals surface area contributed by atoms with Gasteiger partial charge in [0, 0.05) is 18.3 Å². The Balaban J connectivity index is 1.68. The van der Waals surface area contributed by atoms with Crippen LogP contribution in [0.25, 0.3) is 11.3 Å². The second-order valence-electron chi connectivity index (χ2n) is 4.36. The van der Waals surface area contributed by atoms with Crippen molar-refractivity contribution < 1.29 is 0 Å². The molecule has 20 heavy (non-hydrogen) atoms. The van der Waals surface area contributed by atoms with Gasteiger partial charge < -0.3 is 5.32 Å². The molecule has 0 amide bonds. The summed E-state index contributed by atoms with van der Waals surface area (Å²) in [5.41, 5.74) is 3.95. The van der Waals surface area contributed by atoms with Gasteiger partial charge in [-0.15, -0.1) is 11.3 Å². The van der Waals surface area contributed by atoms with E-state index >= 15 is 0 Å². The Bertz CT molecular complexity index is 757. The second kappa shape index (κ2) is 5.68. The summed E-state index contributed by atoms with van der Waals surface area (Å²) in [5.74, 6) is 0. The van der Waals surface area contributed by atoms with Crippen LogP contribution in [0.15, 0.2) is 50.4 Å². The highest BCUT2D eigenvalue weighted by molar-refractivity contribution is 9.11. The maximum atomic E-state index is 11.1. The summed E-state index contributed by atoms with van der Waals surface area (Å²) in [7, 11) is 0. The summed E-state index contributed by atoms with van der Waals surface area (Å²) in [4.78, 5) is 11.1. The molecule has 3 rings (SSSR count). The van der Waals surface area contributed by atoms with E-state index in [4.69, 9.17) is 0 Å². The number of hydrogen-bond donors (Lipinski definition) is 3. The summed E-state index contributed by atoms with van der Waals surface area (Å²) in [6.45, 7) is 0.794. The van der Waals surface area contributed by atoms with Gasteiger partial charge in [0.1, 0.15) is 0 Å². The lowest BCUT2D eigenvalue weighted by atomic mass is 10.1. The molecule has 0 aliphatic carbocycles. The van der Waals surface area contributed by atoms with Gasteiger partial charge in [-0.1, -0.05) is 12.1 Å². The van der Waals surface area contributed by atoms with E-state index in [0.29, 0.717) is 0 Å². The normalized spacial score (nSPS) is 10.7. The Hall–Kier alpha value is -1.79. The zero-order valence-electron chi connectivity index (χ0n) is 10.4. The highest BCUT2D eigenvalue weighted by Crippen LogP contribution is 2.22. The van der Waals surface area contributed by atoms with Crippen LogP contribution in [0.4, 0.5) is 5.69 Å². The van der Waals surface area contributed by atoms with Gasteiger partial charge in [0.2, 0.25) is 0 Å². The lowest BCUT2D eigenvalue weighted by Crippen LogP contribution is -1.97. The molecule has 0 radical (unpaired) electrons. The van der Waals surface area contributed by atoms with Crippen molar-refractivity contribution in [3.05, 3.63) is 61.5 Å². The van der Waals surface area contributed by atoms with E-state index in [1.54, 1.807) is 17.4 Å². The van der Waals surface area contributed by atoms with Crippen molar-refractivity contribution in [3.8, 4) is 11.3 Å². The Morgan fingerprint density at radius 1 is 1.15 bits per heavy atom. The molecule has 102 valence electrons. The van der Waals surface area contributed by atoms with Crippen molar-refractivity contribution in [2.45, 2.75) is 6.54 Å². The van der Waals surface area contributed by atoms with Crippen molar-refractivity contribution >= 4 is 33.0 Å². The predicted octanol–water partition coefficient (Wildman–Crippen LogP) is 3.81. The summed E-state index contributed by atoms with van der Waals surface area (Å²) in [6.07, 6.45) is 0. The van der Waals surface area contributed by atoms with Gasteiger partial charge in [0.25, 0.3) is 5.56 Å². The molecule has 0 spiro atoms. The fraction of sp³-hybridized carbons (Fsp3) is 0.0714. The lowest BCUT2D eigenvalue weighted by molar-refractivity contribution is 1.06. The average Bonchev–Trinajstić information content (AvgIpc) is 3.06. The maximum Gasteiger partial charge on any atom is 0.264 e. The molecule has 0 atom stereocenters. The molecular weight excluding hydrogens is 338 g/mol. The van der Waals surface area contributed by atoms with E-state index in [0.717, 1.165) is 27.3 Å². The summed E-state index contributed by atoms with van der Waals surface area (Å²) >= 11 is 5.14. The number of aromatic amines is 2. The number of benzene rings is 1. The Morgan fingerprint density at radius 2 is 1.95 bits per heavy atom. The first-order valence-electron chi connectivity index (χ1n) is 6.05. The number of nitrogens with one attached hydrogen (secondary N) is 3. The van der Waals surface area contributed by atoms with Gasteiger partial charge in [-0.2, -0.15) is 0 Å². The Morgan fingerprint density at radius 3 is 2.55 bits per heavy atom. The Labute approximate surface area is 128 Å². The third kappa shape index (κ3) is 3.02. The first-order valence-corrected chi connectivity index (χ1v) is 7.73. The van der Waals surface area contributed by atoms with Crippen LogP contribution < -0.4 is 10.9 Å². The number of aromatic nitrogens is 2. The highest BCUT2D eigenvalue weighted by Gasteiger charge is 2.01. The smallest absolute Gasteiger partial charge is 0.264 e. The molecule has 1 aromatic carbocycles. The highest BCUT2D eigenvalue weighted by atomic mass is 79.9. The zero-order valence-corrected chi connectivity index (χ0v) is 12.8. The van der Waals surface area contributed by atoms with Crippen LogP contribution >= 0.6 is 27.3 Å². The van der Waals surface area contributed by atoms with Gasteiger partial charge in [0.05, 0.1) is 9.48 Å². The maximum absolute atomic E-state index is 11.1. The zero-order chi connectivity index (χ0) is 13.9. The van der Waals surface area contributed by atoms with Gasteiger partial charge in [0.15, 0.2) is 0 Å². The Kier molecular flexibility index (Phi) is 3.75. The van der Waals surface area contributed by atoms with E-state index in [1.807, 2.05) is 24.3 Å². The van der Waals surface area contributed by atoms with Gasteiger partial charge >= 0.3 is 0 Å². The number of hydrogen-bond acceptors (Lipinski definition) is 3. The molecule has 0 saturated heterocycles. The molecule has 0 aliphatic heterocycles. The molecule has 0 saturated carbocycles. The monoisotopic (exact) mass is 349 g/mol. The molecule has 4 nitrogen and oxygen atoms in total. The molecule has 0 unspecified atom stereocenters. The van der Waals surface area contributed by atoms with E-state index in [-0.39, 0.29) is 5.56 Å². The van der Waals surface area contributed by atoms with Crippen LogP contribution in [-0.4, -0.2) is 10.2 Å². The minimum atomic E-state index is -0.120. The molecule has 3 aromatic rings. The van der Waals surface area contributed by atoms with Gasteiger partial charge in [-0.3, -0.25) is 15.0 Å². The van der Waals surface area contributed by atoms with Crippen molar-refractivity contribution in [3.63, 3.8) is 0 Å². The first kappa shape index (κ1) is 13.2. The van der Waals surface area contributed by atoms with Crippen LogP contribution in [0.3, 0.4) is 0 Å². The molecule has 2 heterocycles. The molecule has 0 bridgehead atoms. The third-order valence-electron chi connectivity index (χ3n) is 2.91. The van der Waals surface area contributed by atoms with Gasteiger partial charge in [-0.05, 0) is 50.6 Å². The molecule has 0 fully saturated rings. The quantitative estimate of drug-likeness (QED) is 0.670. The molecule has 6 heteroatoms. The molecule has 3 N–H and O–H groups in total. The van der Waals surface area contributed by atoms with E-state index < -0.39 is 0 Å². The minimum absolute atomic E-state index is 0.120. The van der Waals surface area contributed by atoms with Crippen LogP contribution in [0.5, 0.6) is 0 Å². The average molecular weight is 350 g/mol. The lowest BCUT2D eigenvalue weighted by Gasteiger charge is -2.05. The van der Waals surface area contributed by atoms with Crippen LogP contribution in [0.2, 0.25) is 0 Å². The van der Waals surface area contributed by atoms with Crippen molar-refractivity contribution in [2.75, 3.05) is 5.32 Å². The fourth-order valence-electron chi connectivity index (χ4n) is 1.90. The molecule has 2 aromatic heterocycles. The summed E-state index contributed by atoms with van der Waals surface area (Å²) in [5, 5.41) is 10.9. The SMILES string of the molecule is O=c1cc(-c2ccc(NCc3csc(Br)c3)cc2)[nH][nH]1. The van der Waals surface area contributed by atoms with Crippen LogP contribution in [-0.2, 0) is 6.54 Å². The fourth-order valence-corrected chi connectivity index (χ4v) is 3.11.